The second kappa shape index (κ2) is 8.13. The second-order valence-corrected chi connectivity index (χ2v) is 7.55. The van der Waals surface area contributed by atoms with E-state index in [4.69, 9.17) is 0 Å². The molecule has 1 saturated heterocycles. The first-order chi connectivity index (χ1) is 13.2. The quantitative estimate of drug-likeness (QED) is 0.851. The van der Waals surface area contributed by atoms with Crippen LogP contribution in [0.1, 0.15) is 37.4 Å². The summed E-state index contributed by atoms with van der Waals surface area (Å²) in [4.78, 5) is 24.7. The van der Waals surface area contributed by atoms with Gasteiger partial charge in [-0.25, -0.2) is 4.98 Å². The van der Waals surface area contributed by atoms with Crippen LogP contribution in [0.3, 0.4) is 0 Å². The lowest BCUT2D eigenvalue weighted by Gasteiger charge is -2.36. The molecule has 2 heterocycles. The summed E-state index contributed by atoms with van der Waals surface area (Å²) in [6.45, 7) is 7.85. The minimum Gasteiger partial charge on any atom is -0.369 e. The number of nitrogens with zero attached hydrogens (tertiary/aromatic N) is 3. The molecule has 1 fully saturated rings. The molecule has 1 aliphatic heterocycles. The molecule has 27 heavy (non-hydrogen) atoms. The lowest BCUT2D eigenvalue weighted by molar-refractivity contribution is 0.258. The van der Waals surface area contributed by atoms with Gasteiger partial charge >= 0.3 is 0 Å². The van der Waals surface area contributed by atoms with Crippen molar-refractivity contribution in [3.05, 3.63) is 45.9 Å². The number of anilines is 3. The van der Waals surface area contributed by atoms with Gasteiger partial charge in [-0.05, 0) is 62.9 Å². The van der Waals surface area contributed by atoms with Crippen LogP contribution in [0, 0.1) is 0 Å². The number of hydrogen-bond donors (Lipinski definition) is 2. The summed E-state index contributed by atoms with van der Waals surface area (Å²) in [7, 11) is 0. The average molecular weight is 367 g/mol. The van der Waals surface area contributed by atoms with E-state index in [1.54, 1.807) is 0 Å². The van der Waals surface area contributed by atoms with Crippen molar-refractivity contribution in [2.24, 2.45) is 0 Å². The predicted molar refractivity (Wildman–Crippen MR) is 110 cm³/mol. The third-order valence-corrected chi connectivity index (χ3v) is 5.60. The Morgan fingerprint density at radius 2 is 1.81 bits per heavy atom. The van der Waals surface area contributed by atoms with Crippen molar-refractivity contribution in [2.45, 2.75) is 39.0 Å². The number of aryl methyl sites for hydroxylation is 1. The summed E-state index contributed by atoms with van der Waals surface area (Å²) < 4.78 is 0. The van der Waals surface area contributed by atoms with Crippen LogP contribution in [-0.4, -0.2) is 47.6 Å². The van der Waals surface area contributed by atoms with Crippen molar-refractivity contribution >= 4 is 17.3 Å². The number of hydrogen-bond acceptors (Lipinski definition) is 5. The Hall–Kier alpha value is -2.34. The molecule has 1 aromatic heterocycles. The molecule has 0 spiro atoms. The fraction of sp³-hybridized carbons (Fsp3) is 0.524. The first-order valence-electron chi connectivity index (χ1n) is 10.2. The Kier molecular flexibility index (Phi) is 5.43. The lowest BCUT2D eigenvalue weighted by atomic mass is 9.97. The Bertz CT molecular complexity index is 821. The molecule has 6 heteroatoms. The topological polar surface area (TPSA) is 64.3 Å². The Morgan fingerprint density at radius 1 is 1.07 bits per heavy atom. The summed E-state index contributed by atoms with van der Waals surface area (Å²) in [5.74, 6) is 0.543. The van der Waals surface area contributed by atoms with Crippen LogP contribution >= 0.6 is 0 Å². The molecule has 1 aliphatic carbocycles. The highest BCUT2D eigenvalue weighted by Gasteiger charge is 2.17. The van der Waals surface area contributed by atoms with E-state index in [2.05, 4.69) is 56.3 Å². The van der Waals surface area contributed by atoms with E-state index < -0.39 is 0 Å². The van der Waals surface area contributed by atoms with Crippen molar-refractivity contribution in [3.8, 4) is 0 Å². The van der Waals surface area contributed by atoms with E-state index in [1.807, 2.05) is 0 Å². The molecule has 2 aliphatic rings. The van der Waals surface area contributed by atoms with Gasteiger partial charge in [0.1, 0.15) is 0 Å². The highest BCUT2D eigenvalue weighted by atomic mass is 16.1. The van der Waals surface area contributed by atoms with E-state index >= 15 is 0 Å². The molecule has 2 aromatic rings. The molecular weight excluding hydrogens is 338 g/mol. The Balaban J connectivity index is 1.41. The first-order valence-corrected chi connectivity index (χ1v) is 10.2. The SMILES string of the molecule is CCCN1CCN(c2ccc(Nc3nc4c(c(=O)[nH]3)CCCC4)cc2)CC1. The van der Waals surface area contributed by atoms with Crippen LogP contribution in [0.5, 0.6) is 0 Å². The van der Waals surface area contributed by atoms with Crippen LogP contribution in [0.15, 0.2) is 29.1 Å². The maximum atomic E-state index is 12.3. The van der Waals surface area contributed by atoms with E-state index in [0.717, 1.165) is 68.8 Å². The molecule has 0 amide bonds. The number of benzene rings is 1. The molecule has 144 valence electrons. The molecule has 0 radical (unpaired) electrons. The van der Waals surface area contributed by atoms with Gasteiger partial charge in [0.05, 0.1) is 5.69 Å². The molecular formula is C21H29N5O. The van der Waals surface area contributed by atoms with Crippen LogP contribution < -0.4 is 15.8 Å². The lowest BCUT2D eigenvalue weighted by Crippen LogP contribution is -2.46. The van der Waals surface area contributed by atoms with Gasteiger partial charge in [0.2, 0.25) is 5.95 Å². The van der Waals surface area contributed by atoms with Crippen LogP contribution in [-0.2, 0) is 12.8 Å². The highest BCUT2D eigenvalue weighted by Crippen LogP contribution is 2.22. The number of aromatic amines is 1. The van der Waals surface area contributed by atoms with Crippen LogP contribution in [0.2, 0.25) is 0 Å². The van der Waals surface area contributed by atoms with Gasteiger partial charge < -0.3 is 10.2 Å². The van der Waals surface area contributed by atoms with Crippen molar-refractivity contribution in [3.63, 3.8) is 0 Å². The normalized spacial score (nSPS) is 17.6. The van der Waals surface area contributed by atoms with Crippen molar-refractivity contribution in [1.29, 1.82) is 0 Å². The average Bonchev–Trinajstić information content (AvgIpc) is 2.70. The molecule has 1 aromatic carbocycles. The minimum atomic E-state index is 0.00349. The summed E-state index contributed by atoms with van der Waals surface area (Å²) in [5.41, 5.74) is 4.02. The maximum Gasteiger partial charge on any atom is 0.255 e. The zero-order valence-electron chi connectivity index (χ0n) is 16.1. The molecule has 6 nitrogen and oxygen atoms in total. The smallest absolute Gasteiger partial charge is 0.255 e. The number of nitrogens with one attached hydrogen (secondary N) is 2. The fourth-order valence-electron chi connectivity index (χ4n) is 4.10. The largest absolute Gasteiger partial charge is 0.369 e. The summed E-state index contributed by atoms with van der Waals surface area (Å²) in [6.07, 6.45) is 5.16. The molecule has 0 atom stereocenters. The molecule has 0 bridgehead atoms. The number of aromatic nitrogens is 2. The summed E-state index contributed by atoms with van der Waals surface area (Å²) in [6, 6.07) is 8.42. The Morgan fingerprint density at radius 3 is 2.56 bits per heavy atom. The van der Waals surface area contributed by atoms with Crippen molar-refractivity contribution in [2.75, 3.05) is 42.9 Å². The number of piperazine rings is 1. The number of H-pyrrole nitrogens is 1. The third kappa shape index (κ3) is 4.16. The molecule has 2 N–H and O–H groups in total. The Labute approximate surface area is 160 Å². The third-order valence-electron chi connectivity index (χ3n) is 5.60. The zero-order valence-corrected chi connectivity index (χ0v) is 16.1. The van der Waals surface area contributed by atoms with Crippen LogP contribution in [0.4, 0.5) is 17.3 Å². The summed E-state index contributed by atoms with van der Waals surface area (Å²) in [5, 5.41) is 3.26. The second-order valence-electron chi connectivity index (χ2n) is 7.55. The van der Waals surface area contributed by atoms with E-state index in [0.29, 0.717) is 5.95 Å². The van der Waals surface area contributed by atoms with Crippen molar-refractivity contribution < 1.29 is 0 Å². The molecule has 4 rings (SSSR count). The van der Waals surface area contributed by atoms with Gasteiger partial charge in [-0.2, -0.15) is 0 Å². The van der Waals surface area contributed by atoms with Gasteiger partial charge in [-0.3, -0.25) is 14.7 Å². The molecule has 0 saturated carbocycles. The monoisotopic (exact) mass is 367 g/mol. The summed E-state index contributed by atoms with van der Waals surface area (Å²) >= 11 is 0. The van der Waals surface area contributed by atoms with Crippen LogP contribution in [0.25, 0.3) is 0 Å². The van der Waals surface area contributed by atoms with E-state index in [1.165, 1.54) is 18.7 Å². The standard InChI is InChI=1S/C21H29N5O/c1-2-11-25-12-14-26(15-13-25)17-9-7-16(8-10-17)22-21-23-19-6-4-3-5-18(19)20(27)24-21/h7-10H,2-6,11-15H2,1H3,(H2,22,23,24,27). The predicted octanol–water partition coefficient (Wildman–Crippen LogP) is 2.92. The number of fused-ring (bicyclic) bond motifs is 1. The number of rotatable bonds is 5. The zero-order chi connectivity index (χ0) is 18.6. The van der Waals surface area contributed by atoms with Gasteiger partial charge in [0.15, 0.2) is 0 Å². The van der Waals surface area contributed by atoms with Gasteiger partial charge in [0.25, 0.3) is 5.56 Å². The minimum absolute atomic E-state index is 0.00349. The van der Waals surface area contributed by atoms with E-state index in [9.17, 15) is 4.79 Å². The van der Waals surface area contributed by atoms with Gasteiger partial charge in [0, 0.05) is 43.1 Å². The molecule has 0 unspecified atom stereocenters. The first kappa shape index (κ1) is 18.0. The highest BCUT2D eigenvalue weighted by molar-refractivity contribution is 5.59. The van der Waals surface area contributed by atoms with Gasteiger partial charge in [-0.15, -0.1) is 0 Å². The van der Waals surface area contributed by atoms with E-state index in [-0.39, 0.29) is 5.56 Å². The fourth-order valence-corrected chi connectivity index (χ4v) is 4.10. The maximum absolute atomic E-state index is 12.3. The van der Waals surface area contributed by atoms with Crippen molar-refractivity contribution in [1.82, 2.24) is 14.9 Å². The van der Waals surface area contributed by atoms with Gasteiger partial charge in [-0.1, -0.05) is 6.92 Å².